The van der Waals surface area contributed by atoms with Gasteiger partial charge in [0, 0.05) is 25.6 Å². The Morgan fingerprint density at radius 2 is 1.83 bits per heavy atom. The summed E-state index contributed by atoms with van der Waals surface area (Å²) < 4.78 is 0. The van der Waals surface area contributed by atoms with Crippen LogP contribution in [0.5, 0.6) is 0 Å². The molecule has 0 saturated carbocycles. The van der Waals surface area contributed by atoms with Gasteiger partial charge >= 0.3 is 0 Å². The Morgan fingerprint density at radius 1 is 1.22 bits per heavy atom. The number of hydrogen-bond acceptors (Lipinski definition) is 3. The van der Waals surface area contributed by atoms with Crippen LogP contribution >= 0.6 is 0 Å². The Kier molecular flexibility index (Phi) is 5.52. The van der Waals surface area contributed by atoms with E-state index in [9.17, 15) is 9.59 Å². The van der Waals surface area contributed by atoms with E-state index in [2.05, 4.69) is 5.32 Å². The molecule has 1 aromatic carbocycles. The number of Topliss-reactive ketones (excluding diaryl/α,β-unsaturated/α-hetero) is 1. The molecular weight excluding hydrogens is 228 g/mol. The standard InChI is InChI=1S/C14H20N2O2/c1-11-4-6-12(7-5-11)13(17)10-16(3)9-8-14(18)15-2/h4-7H,8-10H2,1-3H3,(H,15,18). The summed E-state index contributed by atoms with van der Waals surface area (Å²) >= 11 is 0. The average molecular weight is 248 g/mol. The Hall–Kier alpha value is -1.68. The van der Waals surface area contributed by atoms with E-state index in [1.165, 1.54) is 0 Å². The van der Waals surface area contributed by atoms with Crippen molar-refractivity contribution in [1.82, 2.24) is 10.2 Å². The molecule has 0 bridgehead atoms. The first-order valence-corrected chi connectivity index (χ1v) is 6.02. The molecule has 1 rings (SSSR count). The number of aryl methyl sites for hydroxylation is 1. The van der Waals surface area contributed by atoms with Crippen LogP contribution in [-0.2, 0) is 4.79 Å². The topological polar surface area (TPSA) is 49.4 Å². The van der Waals surface area contributed by atoms with Crippen molar-refractivity contribution in [3.63, 3.8) is 0 Å². The van der Waals surface area contributed by atoms with Crippen LogP contribution in [0.15, 0.2) is 24.3 Å². The molecule has 0 aliphatic heterocycles. The number of amides is 1. The number of carbonyl (C=O) groups excluding carboxylic acids is 2. The van der Waals surface area contributed by atoms with Crippen LogP contribution in [0.2, 0.25) is 0 Å². The van der Waals surface area contributed by atoms with Crippen molar-refractivity contribution in [2.24, 2.45) is 0 Å². The summed E-state index contributed by atoms with van der Waals surface area (Å²) in [5.41, 5.74) is 1.85. The van der Waals surface area contributed by atoms with Crippen molar-refractivity contribution < 1.29 is 9.59 Å². The van der Waals surface area contributed by atoms with Gasteiger partial charge in [-0.1, -0.05) is 29.8 Å². The van der Waals surface area contributed by atoms with Crippen LogP contribution in [-0.4, -0.2) is 43.8 Å². The minimum absolute atomic E-state index is 0.00960. The molecule has 4 heteroatoms. The largest absolute Gasteiger partial charge is 0.359 e. The summed E-state index contributed by atoms with van der Waals surface area (Å²) in [6.45, 7) is 2.90. The molecular formula is C14H20N2O2. The van der Waals surface area contributed by atoms with Crippen LogP contribution in [0.4, 0.5) is 0 Å². The zero-order chi connectivity index (χ0) is 13.5. The van der Waals surface area contributed by atoms with E-state index in [0.717, 1.165) is 5.56 Å². The molecule has 0 heterocycles. The molecule has 98 valence electrons. The van der Waals surface area contributed by atoms with E-state index in [-0.39, 0.29) is 11.7 Å². The molecule has 4 nitrogen and oxygen atoms in total. The van der Waals surface area contributed by atoms with E-state index < -0.39 is 0 Å². The van der Waals surface area contributed by atoms with Crippen LogP contribution in [0.3, 0.4) is 0 Å². The zero-order valence-corrected chi connectivity index (χ0v) is 11.2. The fourth-order valence-electron chi connectivity index (χ4n) is 1.57. The molecule has 1 N–H and O–H groups in total. The summed E-state index contributed by atoms with van der Waals surface area (Å²) in [4.78, 5) is 24.9. The van der Waals surface area contributed by atoms with Crippen molar-refractivity contribution in [3.8, 4) is 0 Å². The second kappa shape index (κ2) is 6.91. The lowest BCUT2D eigenvalue weighted by Gasteiger charge is -2.15. The van der Waals surface area contributed by atoms with Crippen molar-refractivity contribution in [1.29, 1.82) is 0 Å². The first-order valence-electron chi connectivity index (χ1n) is 6.02. The fourth-order valence-corrected chi connectivity index (χ4v) is 1.57. The number of rotatable bonds is 6. The highest BCUT2D eigenvalue weighted by molar-refractivity contribution is 5.97. The van der Waals surface area contributed by atoms with E-state index in [1.807, 2.05) is 43.1 Å². The maximum absolute atomic E-state index is 11.9. The Bertz CT molecular complexity index is 412. The minimum Gasteiger partial charge on any atom is -0.359 e. The third kappa shape index (κ3) is 4.67. The van der Waals surface area contributed by atoms with Crippen LogP contribution in [0.1, 0.15) is 22.3 Å². The first-order chi connectivity index (χ1) is 8.52. The second-order valence-corrected chi connectivity index (χ2v) is 4.45. The van der Waals surface area contributed by atoms with Gasteiger partial charge in [0.05, 0.1) is 6.54 Å². The highest BCUT2D eigenvalue weighted by Gasteiger charge is 2.10. The average Bonchev–Trinajstić information content (AvgIpc) is 2.36. The molecule has 1 aromatic rings. The third-order valence-electron chi connectivity index (χ3n) is 2.79. The first kappa shape index (κ1) is 14.4. The van der Waals surface area contributed by atoms with Crippen molar-refractivity contribution >= 4 is 11.7 Å². The molecule has 0 aliphatic carbocycles. The van der Waals surface area contributed by atoms with Gasteiger partial charge < -0.3 is 5.32 Å². The second-order valence-electron chi connectivity index (χ2n) is 4.45. The van der Waals surface area contributed by atoms with Gasteiger partial charge in [-0.25, -0.2) is 0 Å². The van der Waals surface area contributed by atoms with Gasteiger partial charge in [0.1, 0.15) is 0 Å². The molecule has 0 radical (unpaired) electrons. The number of likely N-dealkylation sites (N-methyl/N-ethyl adjacent to an activating group) is 1. The van der Waals surface area contributed by atoms with Gasteiger partial charge in [-0.2, -0.15) is 0 Å². The molecule has 0 unspecified atom stereocenters. The zero-order valence-electron chi connectivity index (χ0n) is 11.2. The molecule has 0 atom stereocenters. The summed E-state index contributed by atoms with van der Waals surface area (Å²) in [6, 6.07) is 7.53. The fraction of sp³-hybridized carbons (Fsp3) is 0.429. The van der Waals surface area contributed by atoms with Crippen molar-refractivity contribution in [3.05, 3.63) is 35.4 Å². The maximum atomic E-state index is 11.9. The lowest BCUT2D eigenvalue weighted by molar-refractivity contribution is -0.120. The predicted molar refractivity (Wildman–Crippen MR) is 71.7 cm³/mol. The number of carbonyl (C=O) groups is 2. The summed E-state index contributed by atoms with van der Waals surface area (Å²) in [6.07, 6.45) is 0.411. The number of nitrogens with zero attached hydrogens (tertiary/aromatic N) is 1. The molecule has 0 saturated heterocycles. The van der Waals surface area contributed by atoms with E-state index >= 15 is 0 Å². The van der Waals surface area contributed by atoms with Gasteiger partial charge in [0.25, 0.3) is 0 Å². The Morgan fingerprint density at radius 3 is 2.39 bits per heavy atom. The Labute approximate surface area is 108 Å². The van der Waals surface area contributed by atoms with Crippen LogP contribution < -0.4 is 5.32 Å². The van der Waals surface area contributed by atoms with Gasteiger partial charge in [-0.3, -0.25) is 14.5 Å². The van der Waals surface area contributed by atoms with Crippen molar-refractivity contribution in [2.45, 2.75) is 13.3 Å². The summed E-state index contributed by atoms with van der Waals surface area (Å²) in [7, 11) is 3.45. The molecule has 0 spiro atoms. The lowest BCUT2D eigenvalue weighted by atomic mass is 10.1. The molecule has 0 fully saturated rings. The monoisotopic (exact) mass is 248 g/mol. The van der Waals surface area contributed by atoms with Crippen molar-refractivity contribution in [2.75, 3.05) is 27.2 Å². The quantitative estimate of drug-likeness (QED) is 0.771. The van der Waals surface area contributed by atoms with E-state index in [1.54, 1.807) is 7.05 Å². The molecule has 0 aliphatic rings. The molecule has 1 amide bonds. The van der Waals surface area contributed by atoms with Gasteiger partial charge in [-0.05, 0) is 14.0 Å². The predicted octanol–water partition coefficient (Wildman–Crippen LogP) is 1.25. The smallest absolute Gasteiger partial charge is 0.221 e. The maximum Gasteiger partial charge on any atom is 0.221 e. The SMILES string of the molecule is CNC(=O)CCN(C)CC(=O)c1ccc(C)cc1. The summed E-state index contributed by atoms with van der Waals surface area (Å²) in [5, 5.41) is 2.56. The summed E-state index contributed by atoms with van der Waals surface area (Å²) in [5.74, 6) is 0.0686. The molecule has 18 heavy (non-hydrogen) atoms. The third-order valence-corrected chi connectivity index (χ3v) is 2.79. The van der Waals surface area contributed by atoms with Gasteiger partial charge in [0.15, 0.2) is 5.78 Å². The van der Waals surface area contributed by atoms with Crippen LogP contribution in [0.25, 0.3) is 0 Å². The highest BCUT2D eigenvalue weighted by Crippen LogP contribution is 2.05. The van der Waals surface area contributed by atoms with E-state index in [0.29, 0.717) is 25.1 Å². The van der Waals surface area contributed by atoms with Crippen LogP contribution in [0, 0.1) is 6.92 Å². The van der Waals surface area contributed by atoms with Gasteiger partial charge in [0.2, 0.25) is 5.91 Å². The number of hydrogen-bond donors (Lipinski definition) is 1. The number of ketones is 1. The Balaban J connectivity index is 2.44. The van der Waals surface area contributed by atoms with Gasteiger partial charge in [-0.15, -0.1) is 0 Å². The molecule has 0 aromatic heterocycles. The van der Waals surface area contributed by atoms with E-state index in [4.69, 9.17) is 0 Å². The number of benzene rings is 1. The lowest BCUT2D eigenvalue weighted by Crippen LogP contribution is -2.30. The highest BCUT2D eigenvalue weighted by atomic mass is 16.1. The normalized spacial score (nSPS) is 10.4. The number of nitrogens with one attached hydrogen (secondary N) is 1. The minimum atomic E-state index is -0.00960.